The van der Waals surface area contributed by atoms with Gasteiger partial charge in [-0.3, -0.25) is 4.79 Å². The molecular weight excluding hydrogens is 251 g/mol. The summed E-state index contributed by atoms with van der Waals surface area (Å²) in [5, 5.41) is 14.4. The van der Waals surface area contributed by atoms with Crippen LogP contribution in [0.5, 0.6) is 0 Å². The first kappa shape index (κ1) is 12.6. The van der Waals surface area contributed by atoms with Crippen molar-refractivity contribution in [3.8, 4) is 0 Å². The second kappa shape index (κ2) is 4.94. The lowest BCUT2D eigenvalue weighted by Crippen LogP contribution is -2.52. The Labute approximate surface area is 117 Å². The molecule has 2 aromatic rings. The highest BCUT2D eigenvalue weighted by Gasteiger charge is 2.34. The van der Waals surface area contributed by atoms with Crippen molar-refractivity contribution >= 4 is 24.6 Å². The van der Waals surface area contributed by atoms with Gasteiger partial charge in [0.1, 0.15) is 0 Å². The van der Waals surface area contributed by atoms with Gasteiger partial charge < -0.3 is 5.02 Å². The molecule has 0 saturated heterocycles. The molecule has 1 heterocycles. The first-order chi connectivity index (χ1) is 9.68. The molecule has 0 atom stereocenters. The zero-order valence-corrected chi connectivity index (χ0v) is 11.0. The van der Waals surface area contributed by atoms with Crippen LogP contribution in [0.25, 0.3) is 0 Å². The average Bonchev–Trinajstić information content (AvgIpc) is 2.48. The minimum atomic E-state index is -1.05. The summed E-state index contributed by atoms with van der Waals surface area (Å²) in [5.74, 6) is -0.304. The highest BCUT2D eigenvalue weighted by Crippen LogP contribution is 2.14. The SMILES string of the molecule is Cc1ccccc1C(=O)N1N=Cc2ccccc2B1O. The van der Waals surface area contributed by atoms with Crippen LogP contribution in [0.2, 0.25) is 0 Å². The maximum atomic E-state index is 12.5. The van der Waals surface area contributed by atoms with Crippen molar-refractivity contribution < 1.29 is 9.82 Å². The highest BCUT2D eigenvalue weighted by atomic mass is 16.2. The maximum absolute atomic E-state index is 12.5. The zero-order valence-electron chi connectivity index (χ0n) is 11.0. The molecule has 5 heteroatoms. The number of aryl methyl sites for hydroxylation is 1. The molecule has 1 aliphatic heterocycles. The van der Waals surface area contributed by atoms with Crippen LogP contribution in [0.1, 0.15) is 21.5 Å². The Morgan fingerprint density at radius 1 is 1.15 bits per heavy atom. The first-order valence-electron chi connectivity index (χ1n) is 6.38. The molecule has 1 amide bonds. The third kappa shape index (κ3) is 2.02. The van der Waals surface area contributed by atoms with Gasteiger partial charge in [-0.15, -0.1) is 0 Å². The van der Waals surface area contributed by atoms with Crippen LogP contribution >= 0.6 is 0 Å². The van der Waals surface area contributed by atoms with E-state index in [0.29, 0.717) is 11.0 Å². The molecule has 0 aromatic heterocycles. The summed E-state index contributed by atoms with van der Waals surface area (Å²) in [4.78, 5) is 13.6. The Morgan fingerprint density at radius 3 is 2.65 bits per heavy atom. The fraction of sp³-hybridized carbons (Fsp3) is 0.0667. The topological polar surface area (TPSA) is 52.9 Å². The van der Waals surface area contributed by atoms with Gasteiger partial charge in [-0.2, -0.15) is 5.10 Å². The fourth-order valence-electron chi connectivity index (χ4n) is 2.28. The van der Waals surface area contributed by atoms with Gasteiger partial charge in [-0.1, -0.05) is 42.5 Å². The van der Waals surface area contributed by atoms with Crippen molar-refractivity contribution in [2.45, 2.75) is 6.92 Å². The zero-order chi connectivity index (χ0) is 14.1. The number of hydrogen-bond acceptors (Lipinski definition) is 3. The normalized spacial score (nSPS) is 13.3. The number of nitrogens with zero attached hydrogens (tertiary/aromatic N) is 2. The van der Waals surface area contributed by atoms with E-state index >= 15 is 0 Å². The van der Waals surface area contributed by atoms with E-state index in [1.54, 1.807) is 24.4 Å². The molecule has 20 heavy (non-hydrogen) atoms. The Morgan fingerprint density at radius 2 is 1.85 bits per heavy atom. The summed E-state index contributed by atoms with van der Waals surface area (Å²) in [6, 6.07) is 14.6. The van der Waals surface area contributed by atoms with Crippen LogP contribution in [0.4, 0.5) is 0 Å². The summed E-state index contributed by atoms with van der Waals surface area (Å²) < 4.78 is 0. The Bertz CT molecular complexity index is 700. The molecule has 0 saturated carbocycles. The van der Waals surface area contributed by atoms with Crippen LogP contribution < -0.4 is 5.46 Å². The van der Waals surface area contributed by atoms with Crippen molar-refractivity contribution in [3.63, 3.8) is 0 Å². The van der Waals surface area contributed by atoms with Gasteiger partial charge in [0.05, 0.1) is 6.21 Å². The van der Waals surface area contributed by atoms with Crippen molar-refractivity contribution in [1.82, 2.24) is 4.92 Å². The molecule has 2 aromatic carbocycles. The van der Waals surface area contributed by atoms with Gasteiger partial charge in [0, 0.05) is 5.56 Å². The number of rotatable bonds is 1. The van der Waals surface area contributed by atoms with E-state index in [-0.39, 0.29) is 5.91 Å². The molecule has 1 N–H and O–H groups in total. The minimum absolute atomic E-state index is 0.304. The minimum Gasteiger partial charge on any atom is -0.427 e. The van der Waals surface area contributed by atoms with E-state index in [1.165, 1.54) is 0 Å². The van der Waals surface area contributed by atoms with Crippen molar-refractivity contribution in [1.29, 1.82) is 0 Å². The third-order valence-electron chi connectivity index (χ3n) is 3.41. The van der Waals surface area contributed by atoms with Crippen molar-refractivity contribution in [3.05, 3.63) is 65.2 Å². The molecular formula is C15H13BN2O2. The Hall–Kier alpha value is -2.40. The summed E-state index contributed by atoms with van der Waals surface area (Å²) in [6.07, 6.45) is 1.60. The monoisotopic (exact) mass is 264 g/mol. The van der Waals surface area contributed by atoms with Gasteiger partial charge in [0.2, 0.25) is 0 Å². The number of carbonyl (C=O) groups excluding carboxylic acids is 1. The van der Waals surface area contributed by atoms with E-state index in [1.807, 2.05) is 37.3 Å². The quantitative estimate of drug-likeness (QED) is 0.786. The number of hydrogen-bond donors (Lipinski definition) is 1. The van der Waals surface area contributed by atoms with E-state index in [4.69, 9.17) is 0 Å². The van der Waals surface area contributed by atoms with Crippen LogP contribution in [0, 0.1) is 6.92 Å². The predicted octanol–water partition coefficient (Wildman–Crippen LogP) is 1.17. The number of carbonyl (C=O) groups is 1. The highest BCUT2D eigenvalue weighted by molar-refractivity contribution is 6.68. The molecule has 0 aliphatic carbocycles. The second-order valence-corrected chi connectivity index (χ2v) is 4.71. The Kier molecular flexibility index (Phi) is 3.12. The molecule has 0 spiro atoms. The van der Waals surface area contributed by atoms with Gasteiger partial charge in [-0.25, -0.2) is 4.92 Å². The van der Waals surface area contributed by atoms with Gasteiger partial charge in [-0.05, 0) is 29.6 Å². The summed E-state index contributed by atoms with van der Waals surface area (Å²) >= 11 is 0. The van der Waals surface area contributed by atoms with Gasteiger partial charge in [0.15, 0.2) is 0 Å². The van der Waals surface area contributed by atoms with Crippen molar-refractivity contribution in [2.75, 3.05) is 0 Å². The largest absolute Gasteiger partial charge is 0.474 e. The molecule has 0 fully saturated rings. The molecule has 98 valence electrons. The molecule has 0 unspecified atom stereocenters. The summed E-state index contributed by atoms with van der Waals surface area (Å²) in [7, 11) is -1.05. The lowest BCUT2D eigenvalue weighted by atomic mass is 9.69. The standard InChI is InChI=1S/C15H13BN2O2/c1-11-6-2-4-8-13(11)15(19)18-16(20)14-9-5-3-7-12(14)10-17-18/h2-10,20H,1H3. The molecule has 0 radical (unpaired) electrons. The summed E-state index contributed by atoms with van der Waals surface area (Å²) in [5.41, 5.74) is 2.92. The summed E-state index contributed by atoms with van der Waals surface area (Å²) in [6.45, 7) is 1.86. The number of benzene rings is 2. The number of amides is 1. The predicted molar refractivity (Wildman–Crippen MR) is 79.0 cm³/mol. The lowest BCUT2D eigenvalue weighted by Gasteiger charge is -2.25. The van der Waals surface area contributed by atoms with Crippen LogP contribution in [0.3, 0.4) is 0 Å². The fourth-order valence-corrected chi connectivity index (χ4v) is 2.28. The molecule has 3 rings (SSSR count). The van der Waals surface area contributed by atoms with Crippen LogP contribution in [-0.2, 0) is 0 Å². The van der Waals surface area contributed by atoms with E-state index in [2.05, 4.69) is 5.10 Å². The maximum Gasteiger partial charge on any atom is 0.474 e. The lowest BCUT2D eigenvalue weighted by molar-refractivity contribution is 0.0845. The van der Waals surface area contributed by atoms with Crippen LogP contribution in [0.15, 0.2) is 53.6 Å². The van der Waals surface area contributed by atoms with Crippen molar-refractivity contribution in [2.24, 2.45) is 5.10 Å². The molecule has 0 bridgehead atoms. The van der Waals surface area contributed by atoms with E-state index in [0.717, 1.165) is 16.0 Å². The molecule has 1 aliphatic rings. The van der Waals surface area contributed by atoms with E-state index in [9.17, 15) is 9.82 Å². The van der Waals surface area contributed by atoms with E-state index < -0.39 is 7.05 Å². The number of hydrazone groups is 1. The van der Waals surface area contributed by atoms with Gasteiger partial charge >= 0.3 is 7.05 Å². The smallest absolute Gasteiger partial charge is 0.427 e. The second-order valence-electron chi connectivity index (χ2n) is 4.71. The number of fused-ring (bicyclic) bond motifs is 1. The molecule has 4 nitrogen and oxygen atoms in total. The third-order valence-corrected chi connectivity index (χ3v) is 3.41. The van der Waals surface area contributed by atoms with Gasteiger partial charge in [0.25, 0.3) is 5.91 Å². The first-order valence-corrected chi connectivity index (χ1v) is 6.38. The van der Waals surface area contributed by atoms with Crippen LogP contribution in [-0.4, -0.2) is 29.1 Å². The average molecular weight is 264 g/mol. The Balaban J connectivity index is 1.98.